The maximum atomic E-state index is 10.5. The average Bonchev–Trinajstić information content (AvgIpc) is 2.79. The first kappa shape index (κ1) is 9.73. The van der Waals surface area contributed by atoms with E-state index in [0.717, 1.165) is 0 Å². The minimum Gasteiger partial charge on any atom is -0.481 e. The predicted molar refractivity (Wildman–Crippen MR) is 42.3 cm³/mol. The van der Waals surface area contributed by atoms with Crippen molar-refractivity contribution in [1.82, 2.24) is 0 Å². The fraction of sp³-hybridized carbons (Fsp3) is 0.500. The van der Waals surface area contributed by atoms with Gasteiger partial charge in [0.1, 0.15) is 0 Å². The van der Waals surface area contributed by atoms with Gasteiger partial charge in [0, 0.05) is 5.57 Å². The maximum Gasteiger partial charge on any atom is 0.331 e. The summed E-state index contributed by atoms with van der Waals surface area (Å²) in [5, 5.41) is 17.0. The Morgan fingerprint density at radius 1 is 1.46 bits per heavy atom. The van der Waals surface area contributed by atoms with Crippen LogP contribution in [0.2, 0.25) is 0 Å². The number of epoxide rings is 1. The minimum atomic E-state index is -1.18. The molecule has 0 aliphatic carbocycles. The third kappa shape index (κ3) is 3.71. The first-order valence-electron chi connectivity index (χ1n) is 3.85. The van der Waals surface area contributed by atoms with Crippen LogP contribution in [0.1, 0.15) is 12.8 Å². The highest BCUT2D eigenvalue weighted by Crippen LogP contribution is 2.16. The van der Waals surface area contributed by atoms with Crippen molar-refractivity contribution in [3.63, 3.8) is 0 Å². The standard InChI is InChI=1S/C8H10O5/c9-7(10)3-5(8(11)12)1-2-6-4-13-6/h1,6H,2-4H2,(H,9,10)(H,11,12). The van der Waals surface area contributed by atoms with E-state index in [1.165, 1.54) is 6.08 Å². The normalized spacial score (nSPS) is 21.2. The van der Waals surface area contributed by atoms with Crippen LogP contribution in [0, 0.1) is 0 Å². The van der Waals surface area contributed by atoms with Gasteiger partial charge in [0.2, 0.25) is 0 Å². The molecule has 0 aromatic carbocycles. The number of carbonyl (C=O) groups is 2. The Morgan fingerprint density at radius 2 is 2.08 bits per heavy atom. The van der Waals surface area contributed by atoms with E-state index in [1.54, 1.807) is 0 Å². The van der Waals surface area contributed by atoms with Crippen molar-refractivity contribution in [2.24, 2.45) is 0 Å². The second kappa shape index (κ2) is 4.04. The zero-order chi connectivity index (χ0) is 9.84. The first-order valence-corrected chi connectivity index (χ1v) is 3.85. The van der Waals surface area contributed by atoms with E-state index in [2.05, 4.69) is 0 Å². The summed E-state index contributed by atoms with van der Waals surface area (Å²) < 4.78 is 4.86. The third-order valence-electron chi connectivity index (χ3n) is 1.65. The molecule has 72 valence electrons. The zero-order valence-corrected chi connectivity index (χ0v) is 6.90. The summed E-state index contributed by atoms with van der Waals surface area (Å²) in [7, 11) is 0. The van der Waals surface area contributed by atoms with Crippen LogP contribution < -0.4 is 0 Å². The van der Waals surface area contributed by atoms with E-state index in [4.69, 9.17) is 14.9 Å². The van der Waals surface area contributed by atoms with Gasteiger partial charge in [-0.25, -0.2) is 4.79 Å². The van der Waals surface area contributed by atoms with Gasteiger partial charge < -0.3 is 14.9 Å². The van der Waals surface area contributed by atoms with E-state index < -0.39 is 18.4 Å². The van der Waals surface area contributed by atoms with Gasteiger partial charge in [0.05, 0.1) is 19.1 Å². The van der Waals surface area contributed by atoms with Crippen molar-refractivity contribution in [2.75, 3.05) is 6.61 Å². The molecule has 2 N–H and O–H groups in total. The molecule has 1 heterocycles. The highest BCUT2D eigenvalue weighted by molar-refractivity contribution is 5.92. The van der Waals surface area contributed by atoms with E-state index in [1.807, 2.05) is 0 Å². The molecule has 13 heavy (non-hydrogen) atoms. The van der Waals surface area contributed by atoms with Gasteiger partial charge in [-0.05, 0) is 6.42 Å². The number of rotatable bonds is 5. The quantitative estimate of drug-likeness (QED) is 0.475. The van der Waals surface area contributed by atoms with Crippen LogP contribution in [0.25, 0.3) is 0 Å². The fourth-order valence-electron chi connectivity index (χ4n) is 0.876. The van der Waals surface area contributed by atoms with Crippen LogP contribution in [-0.2, 0) is 14.3 Å². The Hall–Kier alpha value is -1.36. The summed E-state index contributed by atoms with van der Waals surface area (Å²) in [6.45, 7) is 0.635. The molecular weight excluding hydrogens is 176 g/mol. The van der Waals surface area contributed by atoms with Crippen LogP contribution >= 0.6 is 0 Å². The lowest BCUT2D eigenvalue weighted by molar-refractivity contribution is -0.139. The molecule has 0 aromatic heterocycles. The highest BCUT2D eigenvalue weighted by Gasteiger charge is 2.22. The molecule has 0 saturated carbocycles. The molecule has 1 unspecified atom stereocenters. The third-order valence-corrected chi connectivity index (χ3v) is 1.65. The predicted octanol–water partition coefficient (Wildman–Crippen LogP) is 0.261. The number of hydrogen-bond acceptors (Lipinski definition) is 3. The molecule has 0 spiro atoms. The zero-order valence-electron chi connectivity index (χ0n) is 6.90. The van der Waals surface area contributed by atoms with Gasteiger partial charge in [-0.2, -0.15) is 0 Å². The molecule has 5 heteroatoms. The molecular formula is C8H10O5. The SMILES string of the molecule is O=C(O)CC(=CCC1CO1)C(=O)O. The monoisotopic (exact) mass is 186 g/mol. The van der Waals surface area contributed by atoms with Crippen molar-refractivity contribution in [3.8, 4) is 0 Å². The van der Waals surface area contributed by atoms with Crippen molar-refractivity contribution >= 4 is 11.9 Å². The molecule has 0 aromatic rings. The lowest BCUT2D eigenvalue weighted by Crippen LogP contribution is -2.07. The maximum absolute atomic E-state index is 10.5. The van der Waals surface area contributed by atoms with Crippen LogP contribution in [0.5, 0.6) is 0 Å². The molecule has 0 amide bonds. The molecule has 5 nitrogen and oxygen atoms in total. The van der Waals surface area contributed by atoms with Gasteiger partial charge in [-0.1, -0.05) is 6.08 Å². The van der Waals surface area contributed by atoms with Crippen LogP contribution in [0.4, 0.5) is 0 Å². The smallest absolute Gasteiger partial charge is 0.331 e. The van der Waals surface area contributed by atoms with Crippen molar-refractivity contribution < 1.29 is 24.5 Å². The second-order valence-electron chi connectivity index (χ2n) is 2.80. The Balaban J connectivity index is 2.48. The number of carboxylic acid groups (broad SMARTS) is 2. The van der Waals surface area contributed by atoms with E-state index in [0.29, 0.717) is 13.0 Å². The molecule has 0 radical (unpaired) electrons. The topological polar surface area (TPSA) is 87.1 Å². The molecule has 1 atom stereocenters. The summed E-state index contributed by atoms with van der Waals surface area (Å²) in [5.41, 5.74) is -0.0806. The lowest BCUT2D eigenvalue weighted by Gasteiger charge is -1.96. The number of aliphatic carboxylic acids is 2. The Bertz CT molecular complexity index is 251. The number of hydrogen-bond donors (Lipinski definition) is 2. The van der Waals surface area contributed by atoms with Gasteiger partial charge in [-0.3, -0.25) is 4.79 Å². The van der Waals surface area contributed by atoms with Crippen molar-refractivity contribution in [2.45, 2.75) is 18.9 Å². The summed E-state index contributed by atoms with van der Waals surface area (Å²) in [6.07, 6.45) is 1.54. The molecule has 1 rings (SSSR count). The minimum absolute atomic E-state index is 0.0806. The number of carboxylic acids is 2. The Kier molecular flexibility index (Phi) is 3.02. The van der Waals surface area contributed by atoms with Crippen LogP contribution in [0.15, 0.2) is 11.6 Å². The Labute approximate surface area is 74.6 Å². The van der Waals surface area contributed by atoms with E-state index >= 15 is 0 Å². The molecule has 1 aliphatic rings. The summed E-state index contributed by atoms with van der Waals surface area (Å²) in [6, 6.07) is 0. The largest absolute Gasteiger partial charge is 0.481 e. The highest BCUT2D eigenvalue weighted by atomic mass is 16.6. The average molecular weight is 186 g/mol. The fourth-order valence-corrected chi connectivity index (χ4v) is 0.876. The summed E-state index contributed by atoms with van der Waals surface area (Å²) >= 11 is 0. The van der Waals surface area contributed by atoms with Crippen LogP contribution in [0.3, 0.4) is 0 Å². The van der Waals surface area contributed by atoms with E-state index in [9.17, 15) is 9.59 Å². The summed E-state index contributed by atoms with van der Waals surface area (Å²) in [5.74, 6) is -2.31. The van der Waals surface area contributed by atoms with E-state index in [-0.39, 0.29) is 11.7 Å². The van der Waals surface area contributed by atoms with Crippen molar-refractivity contribution in [3.05, 3.63) is 11.6 Å². The molecule has 1 saturated heterocycles. The van der Waals surface area contributed by atoms with Gasteiger partial charge >= 0.3 is 11.9 Å². The van der Waals surface area contributed by atoms with Crippen LogP contribution in [-0.4, -0.2) is 34.9 Å². The van der Waals surface area contributed by atoms with Crippen molar-refractivity contribution in [1.29, 1.82) is 0 Å². The summed E-state index contributed by atoms with van der Waals surface area (Å²) in [4.78, 5) is 20.7. The molecule has 1 aliphatic heterocycles. The number of ether oxygens (including phenoxy) is 1. The van der Waals surface area contributed by atoms with Gasteiger partial charge in [-0.15, -0.1) is 0 Å². The molecule has 0 bridgehead atoms. The first-order chi connectivity index (χ1) is 6.09. The second-order valence-corrected chi connectivity index (χ2v) is 2.80. The van der Waals surface area contributed by atoms with Gasteiger partial charge in [0.15, 0.2) is 0 Å². The Morgan fingerprint density at radius 3 is 2.46 bits per heavy atom. The molecule has 1 fully saturated rings. The lowest BCUT2D eigenvalue weighted by atomic mass is 10.1. The van der Waals surface area contributed by atoms with Gasteiger partial charge in [0.25, 0.3) is 0 Å².